The van der Waals surface area contributed by atoms with Gasteiger partial charge in [0.05, 0.1) is 12.0 Å². The molecule has 1 aromatic rings. The molecule has 2 rings (SSSR count). The van der Waals surface area contributed by atoms with E-state index >= 15 is 0 Å². The Bertz CT molecular complexity index is 771. The standard InChI is InChI=1S/C17H21N3O4S/c1-24-17(21)14(12-18)13-19-15-6-8-16(9-7-15)25(22,23)20-10-4-2-3-5-11-20/h6-9,13,19H,2-5,10-11H2,1H3/b14-13+. The number of carbonyl (C=O) groups is 1. The van der Waals surface area contributed by atoms with Gasteiger partial charge in [0.15, 0.2) is 5.57 Å². The number of nitrogens with one attached hydrogen (secondary N) is 1. The quantitative estimate of drug-likeness (QED) is 0.489. The first-order chi connectivity index (χ1) is 12.0. The molecule has 1 saturated heterocycles. The summed E-state index contributed by atoms with van der Waals surface area (Å²) in [6.07, 6.45) is 5.11. The van der Waals surface area contributed by atoms with Crippen LogP contribution in [0, 0.1) is 11.3 Å². The van der Waals surface area contributed by atoms with E-state index in [0.717, 1.165) is 25.7 Å². The van der Waals surface area contributed by atoms with Gasteiger partial charge >= 0.3 is 5.97 Å². The molecule has 0 atom stereocenters. The molecule has 0 aromatic heterocycles. The van der Waals surface area contributed by atoms with E-state index in [-0.39, 0.29) is 10.5 Å². The van der Waals surface area contributed by atoms with Crippen molar-refractivity contribution in [2.24, 2.45) is 0 Å². The summed E-state index contributed by atoms with van der Waals surface area (Å²) >= 11 is 0. The molecule has 7 nitrogen and oxygen atoms in total. The number of ether oxygens (including phenoxy) is 1. The number of methoxy groups -OCH3 is 1. The van der Waals surface area contributed by atoms with Crippen LogP contribution in [0.3, 0.4) is 0 Å². The fraction of sp³-hybridized carbons (Fsp3) is 0.412. The van der Waals surface area contributed by atoms with E-state index in [1.807, 2.05) is 0 Å². The van der Waals surface area contributed by atoms with Crippen LogP contribution in [0.25, 0.3) is 0 Å². The number of anilines is 1. The zero-order chi connectivity index (χ0) is 18.3. The monoisotopic (exact) mass is 363 g/mol. The van der Waals surface area contributed by atoms with Gasteiger partial charge in [0.1, 0.15) is 6.07 Å². The van der Waals surface area contributed by atoms with Crippen LogP contribution in [0.5, 0.6) is 0 Å². The van der Waals surface area contributed by atoms with E-state index in [2.05, 4.69) is 10.1 Å². The van der Waals surface area contributed by atoms with Gasteiger partial charge in [0.2, 0.25) is 10.0 Å². The summed E-state index contributed by atoms with van der Waals surface area (Å²) in [6.45, 7) is 1.10. The molecule has 0 spiro atoms. The Hall–Kier alpha value is -2.37. The lowest BCUT2D eigenvalue weighted by Crippen LogP contribution is -2.31. The molecule has 0 unspecified atom stereocenters. The molecule has 0 bridgehead atoms. The number of esters is 1. The van der Waals surface area contributed by atoms with Gasteiger partial charge in [-0.05, 0) is 37.1 Å². The zero-order valence-electron chi connectivity index (χ0n) is 14.1. The number of rotatable bonds is 5. The fourth-order valence-corrected chi connectivity index (χ4v) is 4.07. The minimum atomic E-state index is -3.49. The van der Waals surface area contributed by atoms with Gasteiger partial charge < -0.3 is 10.1 Å². The largest absolute Gasteiger partial charge is 0.465 e. The second kappa shape index (κ2) is 8.65. The van der Waals surface area contributed by atoms with Gasteiger partial charge in [-0.1, -0.05) is 12.8 Å². The van der Waals surface area contributed by atoms with Crippen LogP contribution in [0.1, 0.15) is 25.7 Å². The van der Waals surface area contributed by atoms with E-state index in [0.29, 0.717) is 18.8 Å². The van der Waals surface area contributed by atoms with Crippen molar-refractivity contribution in [2.45, 2.75) is 30.6 Å². The highest BCUT2D eigenvalue weighted by molar-refractivity contribution is 7.89. The minimum Gasteiger partial charge on any atom is -0.465 e. The van der Waals surface area contributed by atoms with Crippen LogP contribution in [0.4, 0.5) is 5.69 Å². The van der Waals surface area contributed by atoms with Crippen LogP contribution >= 0.6 is 0 Å². The summed E-state index contributed by atoms with van der Waals surface area (Å²) in [6, 6.07) is 7.94. The fourth-order valence-electron chi connectivity index (χ4n) is 2.56. The Kier molecular flexibility index (Phi) is 6.56. The maximum absolute atomic E-state index is 12.7. The molecule has 0 aliphatic carbocycles. The number of benzene rings is 1. The molecular weight excluding hydrogens is 342 g/mol. The second-order valence-corrected chi connectivity index (χ2v) is 7.59. The van der Waals surface area contributed by atoms with Crippen LogP contribution in [-0.4, -0.2) is 38.9 Å². The van der Waals surface area contributed by atoms with Gasteiger partial charge in [0.25, 0.3) is 0 Å². The highest BCUT2D eigenvalue weighted by Crippen LogP contribution is 2.21. The third kappa shape index (κ3) is 4.81. The lowest BCUT2D eigenvalue weighted by Gasteiger charge is -2.20. The van der Waals surface area contributed by atoms with Gasteiger partial charge in [-0.25, -0.2) is 13.2 Å². The van der Waals surface area contributed by atoms with Crippen LogP contribution in [0.15, 0.2) is 40.9 Å². The molecule has 8 heteroatoms. The number of hydrogen-bond acceptors (Lipinski definition) is 6. The molecular formula is C17H21N3O4S. The summed E-state index contributed by atoms with van der Waals surface area (Å²) in [5.41, 5.74) is 0.384. The first-order valence-corrected chi connectivity index (χ1v) is 9.48. The molecule has 1 aromatic carbocycles. The molecule has 1 aliphatic heterocycles. The van der Waals surface area contributed by atoms with Gasteiger partial charge in [-0.15, -0.1) is 0 Å². The maximum Gasteiger partial charge on any atom is 0.350 e. The number of nitriles is 1. The Morgan fingerprint density at radius 2 is 1.80 bits per heavy atom. The zero-order valence-corrected chi connectivity index (χ0v) is 14.9. The van der Waals surface area contributed by atoms with E-state index in [9.17, 15) is 13.2 Å². The molecule has 25 heavy (non-hydrogen) atoms. The van der Waals surface area contributed by atoms with Crippen molar-refractivity contribution in [3.05, 3.63) is 36.0 Å². The lowest BCUT2D eigenvalue weighted by atomic mass is 10.2. The molecule has 0 radical (unpaired) electrons. The summed E-state index contributed by atoms with van der Waals surface area (Å²) in [5, 5.41) is 11.7. The van der Waals surface area contributed by atoms with Crippen molar-refractivity contribution in [1.29, 1.82) is 5.26 Å². The molecule has 0 amide bonds. The molecule has 1 aliphatic rings. The van der Waals surface area contributed by atoms with Gasteiger partial charge in [-0.3, -0.25) is 0 Å². The van der Waals surface area contributed by atoms with E-state index < -0.39 is 16.0 Å². The van der Waals surface area contributed by atoms with Crippen LogP contribution < -0.4 is 5.32 Å². The number of sulfonamides is 1. The second-order valence-electron chi connectivity index (χ2n) is 5.65. The normalized spacial score (nSPS) is 16.6. The summed E-state index contributed by atoms with van der Waals surface area (Å²) < 4.78 is 31.4. The Morgan fingerprint density at radius 1 is 1.20 bits per heavy atom. The predicted molar refractivity (Wildman–Crippen MR) is 93.0 cm³/mol. The Labute approximate surface area is 147 Å². The average Bonchev–Trinajstić information content (AvgIpc) is 2.92. The van der Waals surface area contributed by atoms with E-state index in [1.165, 1.54) is 29.7 Å². The summed E-state index contributed by atoms with van der Waals surface area (Å²) in [7, 11) is -2.30. The smallest absolute Gasteiger partial charge is 0.350 e. The molecule has 0 saturated carbocycles. The number of carbonyl (C=O) groups excluding carboxylic acids is 1. The first-order valence-electron chi connectivity index (χ1n) is 8.04. The summed E-state index contributed by atoms with van der Waals surface area (Å²) in [5.74, 6) is -0.740. The van der Waals surface area contributed by atoms with Gasteiger partial charge in [-0.2, -0.15) is 9.57 Å². The van der Waals surface area contributed by atoms with Crippen molar-refractivity contribution in [1.82, 2.24) is 4.31 Å². The molecule has 1 heterocycles. The molecule has 1 N–H and O–H groups in total. The third-order valence-corrected chi connectivity index (χ3v) is 5.88. The van der Waals surface area contributed by atoms with E-state index in [4.69, 9.17) is 5.26 Å². The van der Waals surface area contributed by atoms with Crippen LogP contribution in [0.2, 0.25) is 0 Å². The van der Waals surface area contributed by atoms with Crippen molar-refractivity contribution in [3.8, 4) is 6.07 Å². The first kappa shape index (κ1) is 19.0. The van der Waals surface area contributed by atoms with Crippen molar-refractivity contribution in [3.63, 3.8) is 0 Å². The number of nitrogens with zero attached hydrogens (tertiary/aromatic N) is 2. The number of hydrogen-bond donors (Lipinski definition) is 1. The molecule has 1 fully saturated rings. The Morgan fingerprint density at radius 3 is 2.32 bits per heavy atom. The van der Waals surface area contributed by atoms with Crippen LogP contribution in [-0.2, 0) is 19.6 Å². The van der Waals surface area contributed by atoms with Crippen molar-refractivity contribution < 1.29 is 17.9 Å². The van der Waals surface area contributed by atoms with Crippen molar-refractivity contribution in [2.75, 3.05) is 25.5 Å². The van der Waals surface area contributed by atoms with Crippen molar-refractivity contribution >= 4 is 21.7 Å². The average molecular weight is 363 g/mol. The topological polar surface area (TPSA) is 99.5 Å². The SMILES string of the molecule is COC(=O)/C(C#N)=C/Nc1ccc(S(=O)(=O)N2CCCCCC2)cc1. The van der Waals surface area contributed by atoms with Gasteiger partial charge in [0, 0.05) is 25.0 Å². The summed E-state index contributed by atoms with van der Waals surface area (Å²) in [4.78, 5) is 11.5. The Balaban J connectivity index is 2.12. The van der Waals surface area contributed by atoms with E-state index in [1.54, 1.807) is 18.2 Å². The highest BCUT2D eigenvalue weighted by atomic mass is 32.2. The third-order valence-electron chi connectivity index (χ3n) is 3.97. The predicted octanol–water partition coefficient (Wildman–Crippen LogP) is 2.24. The lowest BCUT2D eigenvalue weighted by molar-refractivity contribution is -0.135. The highest BCUT2D eigenvalue weighted by Gasteiger charge is 2.24. The maximum atomic E-state index is 12.7. The minimum absolute atomic E-state index is 0.177. The molecule has 134 valence electrons.